The molecule has 2 fully saturated rings. The van der Waals surface area contributed by atoms with Crippen LogP contribution < -0.4 is 9.64 Å². The fourth-order valence-corrected chi connectivity index (χ4v) is 2.65. The Morgan fingerprint density at radius 3 is 2.37 bits per heavy atom. The zero-order valence-corrected chi connectivity index (χ0v) is 17.5. The number of carbonyl (C=O) groups is 1. The summed E-state index contributed by atoms with van der Waals surface area (Å²) in [5.41, 5.74) is -0.459. The van der Waals surface area contributed by atoms with Crippen molar-refractivity contribution in [1.82, 2.24) is 9.88 Å². The number of hydrogen-bond acceptors (Lipinski definition) is 5. The van der Waals surface area contributed by atoms with Gasteiger partial charge in [0.05, 0.1) is 6.61 Å². The first kappa shape index (κ1) is 21.3. The highest BCUT2D eigenvalue weighted by Crippen LogP contribution is 2.32. The quantitative estimate of drug-likeness (QED) is 0.781. The first-order chi connectivity index (χ1) is 12.8. The van der Waals surface area contributed by atoms with Crippen LogP contribution in [0.15, 0.2) is 18.3 Å². The van der Waals surface area contributed by atoms with Gasteiger partial charge in [0.1, 0.15) is 5.60 Å². The molecule has 0 unspecified atom stereocenters. The number of ether oxygens (including phenoxy) is 2. The molecule has 2 heterocycles. The van der Waals surface area contributed by atoms with Crippen LogP contribution in [-0.4, -0.2) is 54.4 Å². The summed E-state index contributed by atoms with van der Waals surface area (Å²) in [7, 11) is 0. The Kier molecular flexibility index (Phi) is 7.75. The van der Waals surface area contributed by atoms with Crippen molar-refractivity contribution in [1.29, 1.82) is 0 Å². The average Bonchev–Trinajstić information content (AvgIpc) is 3.44. The Labute approximate surface area is 163 Å². The number of amides is 1. The van der Waals surface area contributed by atoms with E-state index >= 15 is 0 Å². The van der Waals surface area contributed by atoms with Gasteiger partial charge in [0.2, 0.25) is 0 Å². The minimum Gasteiger partial charge on any atom is -0.489 e. The van der Waals surface area contributed by atoms with Gasteiger partial charge in [0.15, 0.2) is 11.6 Å². The van der Waals surface area contributed by atoms with Crippen molar-refractivity contribution in [2.45, 2.75) is 59.5 Å². The molecule has 1 amide bonds. The second-order valence-corrected chi connectivity index (χ2v) is 8.24. The van der Waals surface area contributed by atoms with E-state index in [-0.39, 0.29) is 6.09 Å². The molecule has 0 bridgehead atoms. The van der Waals surface area contributed by atoms with Gasteiger partial charge in [-0.25, -0.2) is 9.78 Å². The Hall–Kier alpha value is -1.98. The Bertz CT molecular complexity index is 589. The largest absolute Gasteiger partial charge is 0.489 e. The standard InChI is InChI=1S/C18H27N3O3.C3H8/c1-18(2,3)24-17(22)21-11-9-20(10-12-21)16-15(5-4-8-19-16)23-13-14-6-7-14;1-3-2/h4-5,8,14H,6-7,9-13H2,1-3H3;3H2,1-2H3. The van der Waals surface area contributed by atoms with E-state index in [2.05, 4.69) is 23.7 Å². The molecule has 6 nitrogen and oxygen atoms in total. The molecule has 6 heteroatoms. The van der Waals surface area contributed by atoms with E-state index in [0.717, 1.165) is 31.3 Å². The van der Waals surface area contributed by atoms with Crippen LogP contribution in [-0.2, 0) is 4.74 Å². The topological polar surface area (TPSA) is 54.9 Å². The first-order valence-electron chi connectivity index (χ1n) is 10.1. The van der Waals surface area contributed by atoms with Crippen molar-refractivity contribution in [3.8, 4) is 5.75 Å². The number of nitrogens with zero attached hydrogens (tertiary/aromatic N) is 3. The van der Waals surface area contributed by atoms with Crippen LogP contribution in [0.5, 0.6) is 5.75 Å². The minimum absolute atomic E-state index is 0.242. The molecule has 27 heavy (non-hydrogen) atoms. The lowest BCUT2D eigenvalue weighted by Gasteiger charge is -2.36. The second kappa shape index (κ2) is 9.81. The van der Waals surface area contributed by atoms with E-state index in [1.807, 2.05) is 32.9 Å². The maximum atomic E-state index is 12.2. The number of piperazine rings is 1. The van der Waals surface area contributed by atoms with E-state index in [9.17, 15) is 4.79 Å². The number of carbonyl (C=O) groups excluding carboxylic acids is 1. The summed E-state index contributed by atoms with van der Waals surface area (Å²) in [6, 6.07) is 3.88. The average molecular weight is 378 g/mol. The van der Waals surface area contributed by atoms with Gasteiger partial charge in [-0.1, -0.05) is 20.3 Å². The van der Waals surface area contributed by atoms with E-state index < -0.39 is 5.60 Å². The van der Waals surface area contributed by atoms with Crippen LogP contribution in [0.3, 0.4) is 0 Å². The highest BCUT2D eigenvalue weighted by molar-refractivity contribution is 5.68. The van der Waals surface area contributed by atoms with Gasteiger partial charge in [-0.05, 0) is 51.7 Å². The molecule has 152 valence electrons. The molecule has 1 aliphatic carbocycles. The maximum absolute atomic E-state index is 12.2. The first-order valence-corrected chi connectivity index (χ1v) is 10.1. The van der Waals surface area contributed by atoms with Gasteiger partial charge in [-0.15, -0.1) is 0 Å². The third-order valence-electron chi connectivity index (χ3n) is 4.15. The maximum Gasteiger partial charge on any atom is 0.410 e. The Morgan fingerprint density at radius 2 is 1.81 bits per heavy atom. The van der Waals surface area contributed by atoms with E-state index in [1.165, 1.54) is 19.3 Å². The zero-order valence-electron chi connectivity index (χ0n) is 17.5. The number of hydrogen-bond donors (Lipinski definition) is 0. The van der Waals surface area contributed by atoms with Crippen LogP contribution in [0.4, 0.5) is 10.6 Å². The molecular formula is C21H35N3O3. The molecule has 1 saturated carbocycles. The molecule has 2 aliphatic rings. The summed E-state index contributed by atoms with van der Waals surface area (Å²) in [5.74, 6) is 2.43. The van der Waals surface area contributed by atoms with Gasteiger partial charge in [0, 0.05) is 32.4 Å². The number of pyridine rings is 1. The minimum atomic E-state index is -0.459. The summed E-state index contributed by atoms with van der Waals surface area (Å²) in [6.07, 6.45) is 5.34. The number of aromatic nitrogens is 1. The molecule has 0 aromatic carbocycles. The van der Waals surface area contributed by atoms with E-state index in [1.54, 1.807) is 11.1 Å². The Balaban J connectivity index is 0.000000817. The molecule has 0 spiro atoms. The summed E-state index contributed by atoms with van der Waals surface area (Å²) in [5, 5.41) is 0. The highest BCUT2D eigenvalue weighted by atomic mass is 16.6. The highest BCUT2D eigenvalue weighted by Gasteiger charge is 2.28. The third kappa shape index (κ3) is 7.27. The van der Waals surface area contributed by atoms with Gasteiger partial charge >= 0.3 is 6.09 Å². The zero-order chi connectivity index (χ0) is 19.9. The van der Waals surface area contributed by atoms with Gasteiger partial charge in [0.25, 0.3) is 0 Å². The molecule has 0 atom stereocenters. The van der Waals surface area contributed by atoms with Crippen molar-refractivity contribution in [2.75, 3.05) is 37.7 Å². The third-order valence-corrected chi connectivity index (χ3v) is 4.15. The molecule has 0 N–H and O–H groups in total. The molecular weight excluding hydrogens is 342 g/mol. The van der Waals surface area contributed by atoms with Gasteiger partial charge in [-0.2, -0.15) is 0 Å². The number of anilines is 1. The normalized spacial score (nSPS) is 17.1. The van der Waals surface area contributed by atoms with Crippen molar-refractivity contribution in [3.05, 3.63) is 18.3 Å². The van der Waals surface area contributed by atoms with Crippen LogP contribution in [0, 0.1) is 5.92 Å². The predicted molar refractivity (Wildman–Crippen MR) is 108 cm³/mol. The lowest BCUT2D eigenvalue weighted by Crippen LogP contribution is -2.50. The van der Waals surface area contributed by atoms with Gasteiger partial charge < -0.3 is 19.3 Å². The predicted octanol–water partition coefficient (Wildman–Crippen LogP) is 4.34. The van der Waals surface area contributed by atoms with Crippen LogP contribution in [0.2, 0.25) is 0 Å². The van der Waals surface area contributed by atoms with Crippen molar-refractivity contribution >= 4 is 11.9 Å². The smallest absolute Gasteiger partial charge is 0.410 e. The van der Waals surface area contributed by atoms with Crippen LogP contribution >= 0.6 is 0 Å². The SMILES string of the molecule is CC(C)(C)OC(=O)N1CCN(c2ncccc2OCC2CC2)CC1.CCC. The van der Waals surface area contributed by atoms with Gasteiger partial charge in [-0.3, -0.25) is 0 Å². The molecule has 1 aromatic rings. The molecule has 3 rings (SSSR count). The van der Waals surface area contributed by atoms with E-state index in [4.69, 9.17) is 9.47 Å². The lowest BCUT2D eigenvalue weighted by atomic mass is 10.2. The molecule has 1 aromatic heterocycles. The monoisotopic (exact) mass is 377 g/mol. The second-order valence-electron chi connectivity index (χ2n) is 8.24. The molecule has 1 saturated heterocycles. The van der Waals surface area contributed by atoms with Crippen molar-refractivity contribution in [3.63, 3.8) is 0 Å². The molecule has 0 radical (unpaired) electrons. The van der Waals surface area contributed by atoms with Crippen molar-refractivity contribution in [2.24, 2.45) is 5.92 Å². The van der Waals surface area contributed by atoms with Crippen LogP contribution in [0.25, 0.3) is 0 Å². The fourth-order valence-electron chi connectivity index (χ4n) is 2.65. The van der Waals surface area contributed by atoms with Crippen molar-refractivity contribution < 1.29 is 14.3 Å². The summed E-state index contributed by atoms with van der Waals surface area (Å²) in [4.78, 5) is 20.6. The van der Waals surface area contributed by atoms with E-state index in [0.29, 0.717) is 19.0 Å². The fraction of sp³-hybridized carbons (Fsp3) is 0.714. The molecule has 1 aliphatic heterocycles. The summed E-state index contributed by atoms with van der Waals surface area (Å²) in [6.45, 7) is 13.4. The summed E-state index contributed by atoms with van der Waals surface area (Å²) >= 11 is 0. The van der Waals surface area contributed by atoms with Crippen LogP contribution in [0.1, 0.15) is 53.9 Å². The summed E-state index contributed by atoms with van der Waals surface area (Å²) < 4.78 is 11.4. The lowest BCUT2D eigenvalue weighted by molar-refractivity contribution is 0.0240. The Morgan fingerprint density at radius 1 is 1.19 bits per heavy atom. The number of rotatable bonds is 4.